The molecule has 2 aromatic heterocycles. The summed E-state index contributed by atoms with van der Waals surface area (Å²) in [5, 5.41) is 5.35. The van der Waals surface area contributed by atoms with Crippen molar-refractivity contribution in [3.8, 4) is 0 Å². The van der Waals surface area contributed by atoms with Gasteiger partial charge in [-0.05, 0) is 55.4 Å². The second-order valence-electron chi connectivity index (χ2n) is 8.10. The van der Waals surface area contributed by atoms with Crippen molar-refractivity contribution in [1.29, 1.82) is 0 Å². The number of likely N-dealkylation sites (tertiary alicyclic amines) is 1. The Balaban J connectivity index is 1.30. The van der Waals surface area contributed by atoms with E-state index in [0.29, 0.717) is 6.54 Å². The van der Waals surface area contributed by atoms with Gasteiger partial charge in [-0.15, -0.1) is 11.3 Å². The SMILES string of the molecule is CC1CCN(C(CNC(=O)N2CCN(c3ccccn3)CC2)c2cccs2)CC1. The van der Waals surface area contributed by atoms with Crippen molar-refractivity contribution in [1.82, 2.24) is 20.1 Å². The number of nitrogens with zero attached hydrogens (tertiary/aromatic N) is 4. The third kappa shape index (κ3) is 5.08. The molecule has 0 aromatic carbocycles. The van der Waals surface area contributed by atoms with Crippen molar-refractivity contribution in [2.24, 2.45) is 5.92 Å². The van der Waals surface area contributed by atoms with E-state index in [0.717, 1.165) is 51.0 Å². The highest BCUT2D eigenvalue weighted by molar-refractivity contribution is 7.10. The van der Waals surface area contributed by atoms with Crippen LogP contribution in [0, 0.1) is 5.92 Å². The lowest BCUT2D eigenvalue weighted by molar-refractivity contribution is 0.134. The molecule has 1 atom stereocenters. The Hall–Kier alpha value is -2.12. The number of aromatic nitrogens is 1. The zero-order valence-corrected chi connectivity index (χ0v) is 18.0. The summed E-state index contributed by atoms with van der Waals surface area (Å²) in [5.41, 5.74) is 0. The highest BCUT2D eigenvalue weighted by atomic mass is 32.1. The molecular weight excluding hydrogens is 382 g/mol. The minimum Gasteiger partial charge on any atom is -0.353 e. The normalized spacial score (nSPS) is 19.9. The third-order valence-corrected chi connectivity index (χ3v) is 7.09. The van der Waals surface area contributed by atoms with Crippen molar-refractivity contribution >= 4 is 23.2 Å². The van der Waals surface area contributed by atoms with Gasteiger partial charge in [0.05, 0.1) is 6.04 Å². The second kappa shape index (κ2) is 9.59. The maximum absolute atomic E-state index is 12.8. The van der Waals surface area contributed by atoms with E-state index in [4.69, 9.17) is 0 Å². The van der Waals surface area contributed by atoms with Crippen LogP contribution in [0.1, 0.15) is 30.7 Å². The topological polar surface area (TPSA) is 51.7 Å². The molecule has 7 heteroatoms. The monoisotopic (exact) mass is 413 g/mol. The molecule has 2 amide bonds. The Morgan fingerprint density at radius 2 is 1.93 bits per heavy atom. The number of thiophene rings is 1. The standard InChI is InChI=1S/C22H31N5OS/c1-18-7-10-25(11-8-18)19(20-5-4-16-29-20)17-24-22(28)27-14-12-26(13-15-27)21-6-2-3-9-23-21/h2-6,9,16,18-19H,7-8,10-15,17H2,1H3,(H,24,28). The number of hydrogen-bond donors (Lipinski definition) is 1. The largest absolute Gasteiger partial charge is 0.353 e. The van der Waals surface area contributed by atoms with Crippen LogP contribution in [0.5, 0.6) is 0 Å². The fraction of sp³-hybridized carbons (Fsp3) is 0.545. The fourth-order valence-corrected chi connectivity index (χ4v) is 5.07. The number of carbonyl (C=O) groups is 1. The van der Waals surface area contributed by atoms with Crippen LogP contribution in [-0.2, 0) is 0 Å². The Morgan fingerprint density at radius 1 is 1.14 bits per heavy atom. The Bertz CT molecular complexity index is 753. The van der Waals surface area contributed by atoms with Gasteiger partial charge in [-0.25, -0.2) is 9.78 Å². The van der Waals surface area contributed by atoms with Gasteiger partial charge in [0.1, 0.15) is 5.82 Å². The molecule has 0 aliphatic carbocycles. The fourth-order valence-electron chi connectivity index (χ4n) is 4.21. The molecule has 4 heterocycles. The minimum atomic E-state index is 0.0533. The van der Waals surface area contributed by atoms with E-state index in [-0.39, 0.29) is 12.1 Å². The predicted octanol–water partition coefficient (Wildman–Crippen LogP) is 3.45. The van der Waals surface area contributed by atoms with Crippen LogP contribution in [-0.4, -0.2) is 66.6 Å². The molecule has 29 heavy (non-hydrogen) atoms. The summed E-state index contributed by atoms with van der Waals surface area (Å²) in [6.07, 6.45) is 4.30. The number of rotatable bonds is 5. The van der Waals surface area contributed by atoms with Crippen molar-refractivity contribution in [2.75, 3.05) is 50.7 Å². The highest BCUT2D eigenvalue weighted by Crippen LogP contribution is 2.29. The first-order valence-corrected chi connectivity index (χ1v) is 11.5. The number of carbonyl (C=O) groups excluding carboxylic acids is 1. The molecule has 0 saturated carbocycles. The Kier molecular flexibility index (Phi) is 6.67. The van der Waals surface area contributed by atoms with E-state index in [2.05, 4.69) is 44.5 Å². The van der Waals surface area contributed by atoms with Crippen LogP contribution in [0.15, 0.2) is 41.9 Å². The van der Waals surface area contributed by atoms with Gasteiger partial charge in [-0.2, -0.15) is 0 Å². The van der Waals surface area contributed by atoms with Crippen molar-refractivity contribution < 1.29 is 4.79 Å². The number of urea groups is 1. The first-order chi connectivity index (χ1) is 14.2. The third-order valence-electron chi connectivity index (χ3n) is 6.12. The molecule has 1 N–H and O–H groups in total. The number of piperazine rings is 1. The molecule has 6 nitrogen and oxygen atoms in total. The first kappa shape index (κ1) is 20.2. The smallest absolute Gasteiger partial charge is 0.317 e. The van der Waals surface area contributed by atoms with Crippen molar-refractivity contribution in [3.63, 3.8) is 0 Å². The van der Waals surface area contributed by atoms with Crippen molar-refractivity contribution in [2.45, 2.75) is 25.8 Å². The van der Waals surface area contributed by atoms with Crippen LogP contribution < -0.4 is 10.2 Å². The van der Waals surface area contributed by atoms with Crippen LogP contribution in [0.3, 0.4) is 0 Å². The van der Waals surface area contributed by atoms with Gasteiger partial charge in [-0.3, -0.25) is 4.90 Å². The van der Waals surface area contributed by atoms with Gasteiger partial charge in [-0.1, -0.05) is 19.1 Å². The van der Waals surface area contributed by atoms with E-state index >= 15 is 0 Å². The Morgan fingerprint density at radius 3 is 2.59 bits per heavy atom. The lowest BCUT2D eigenvalue weighted by Crippen LogP contribution is -2.53. The van der Waals surface area contributed by atoms with Gasteiger partial charge in [0.2, 0.25) is 0 Å². The summed E-state index contributed by atoms with van der Waals surface area (Å²) in [6, 6.07) is 10.6. The molecule has 2 saturated heterocycles. The number of amides is 2. The molecule has 0 bridgehead atoms. The van der Waals surface area contributed by atoms with Gasteiger partial charge in [0.25, 0.3) is 0 Å². The van der Waals surface area contributed by atoms with E-state index in [1.54, 1.807) is 11.3 Å². The molecule has 2 aliphatic rings. The molecule has 156 valence electrons. The average molecular weight is 414 g/mol. The quantitative estimate of drug-likeness (QED) is 0.816. The van der Waals surface area contributed by atoms with Gasteiger partial charge in [0, 0.05) is 43.8 Å². The zero-order valence-electron chi connectivity index (χ0n) is 17.2. The van der Waals surface area contributed by atoms with Gasteiger partial charge in [0.15, 0.2) is 0 Å². The Labute approximate surface area is 177 Å². The summed E-state index contributed by atoms with van der Waals surface area (Å²) < 4.78 is 0. The summed E-state index contributed by atoms with van der Waals surface area (Å²) in [5.74, 6) is 1.80. The molecule has 0 radical (unpaired) electrons. The lowest BCUT2D eigenvalue weighted by atomic mass is 9.97. The number of anilines is 1. The molecule has 0 spiro atoms. The van der Waals surface area contributed by atoms with Crippen LogP contribution in [0.2, 0.25) is 0 Å². The first-order valence-electron chi connectivity index (χ1n) is 10.7. The average Bonchev–Trinajstić information content (AvgIpc) is 3.30. The number of nitrogens with one attached hydrogen (secondary N) is 1. The maximum Gasteiger partial charge on any atom is 0.317 e. The number of hydrogen-bond acceptors (Lipinski definition) is 5. The van der Waals surface area contributed by atoms with E-state index in [1.165, 1.54) is 17.7 Å². The minimum absolute atomic E-state index is 0.0533. The van der Waals surface area contributed by atoms with Crippen LogP contribution in [0.4, 0.5) is 10.6 Å². The molecule has 1 unspecified atom stereocenters. The zero-order chi connectivity index (χ0) is 20.1. The van der Waals surface area contributed by atoms with Gasteiger partial charge >= 0.3 is 6.03 Å². The lowest BCUT2D eigenvalue weighted by Gasteiger charge is -2.38. The van der Waals surface area contributed by atoms with E-state index in [1.807, 2.05) is 29.3 Å². The van der Waals surface area contributed by atoms with E-state index < -0.39 is 0 Å². The predicted molar refractivity (Wildman–Crippen MR) is 118 cm³/mol. The summed E-state index contributed by atoms with van der Waals surface area (Å²) in [7, 11) is 0. The summed E-state index contributed by atoms with van der Waals surface area (Å²) >= 11 is 1.79. The second-order valence-corrected chi connectivity index (χ2v) is 9.08. The molecular formula is C22H31N5OS. The number of pyridine rings is 1. The van der Waals surface area contributed by atoms with Crippen LogP contribution >= 0.6 is 11.3 Å². The summed E-state index contributed by atoms with van der Waals surface area (Å²) in [4.78, 5) is 25.3. The van der Waals surface area contributed by atoms with Crippen LogP contribution in [0.25, 0.3) is 0 Å². The molecule has 4 rings (SSSR count). The summed E-state index contributed by atoms with van der Waals surface area (Å²) in [6.45, 7) is 8.34. The maximum atomic E-state index is 12.8. The molecule has 2 aliphatic heterocycles. The molecule has 2 aromatic rings. The number of piperidine rings is 1. The van der Waals surface area contributed by atoms with E-state index in [9.17, 15) is 4.79 Å². The van der Waals surface area contributed by atoms with Gasteiger partial charge < -0.3 is 15.1 Å². The van der Waals surface area contributed by atoms with Crippen molar-refractivity contribution in [3.05, 3.63) is 46.8 Å². The molecule has 2 fully saturated rings. The highest BCUT2D eigenvalue weighted by Gasteiger charge is 2.27.